The molecule has 1 N–H and O–H groups in total. The molecule has 1 heterocycles. The van der Waals surface area contributed by atoms with Crippen molar-refractivity contribution in [3.8, 4) is 5.75 Å². The Morgan fingerprint density at radius 2 is 1.41 bits per heavy atom. The Hall–Kier alpha value is -3.18. The van der Waals surface area contributed by atoms with Gasteiger partial charge in [0.05, 0.1) is 17.4 Å². The quantitative estimate of drug-likeness (QED) is 0.370. The molecule has 134 valence electrons. The molecule has 1 fully saturated rings. The largest absolute Gasteiger partial charge is 0.508 e. The second kappa shape index (κ2) is 7.21. The number of anilines is 1. The number of hydrogen-bond donors (Lipinski definition) is 1. The first-order valence-electron chi connectivity index (χ1n) is 8.47. The van der Waals surface area contributed by atoms with Gasteiger partial charge in [-0.25, -0.2) is 0 Å². The maximum absolute atomic E-state index is 12.3. The highest BCUT2D eigenvalue weighted by Crippen LogP contribution is 2.44. The minimum absolute atomic E-state index is 0.124. The van der Waals surface area contributed by atoms with Crippen LogP contribution in [-0.2, 0) is 4.79 Å². The highest BCUT2D eigenvalue weighted by Gasteiger charge is 2.48. The Morgan fingerprint density at radius 3 is 2.07 bits per heavy atom. The second-order valence-electron chi connectivity index (χ2n) is 6.17. The van der Waals surface area contributed by atoms with Gasteiger partial charge in [0.15, 0.2) is 0 Å². The van der Waals surface area contributed by atoms with Gasteiger partial charge in [0.2, 0.25) is 5.91 Å². The van der Waals surface area contributed by atoms with Crippen LogP contribution < -0.4 is 4.90 Å². The fraction of sp³-hybridized carbons (Fsp3) is 0.0952. The van der Waals surface area contributed by atoms with Crippen molar-refractivity contribution in [3.05, 3.63) is 84.4 Å². The molecule has 2 atom stereocenters. The molecule has 0 spiro atoms. The van der Waals surface area contributed by atoms with Crippen LogP contribution in [0.2, 0.25) is 0 Å². The fourth-order valence-corrected chi connectivity index (χ4v) is 3.42. The van der Waals surface area contributed by atoms with Crippen LogP contribution in [0, 0.1) is 0 Å². The predicted molar refractivity (Wildman–Crippen MR) is 105 cm³/mol. The van der Waals surface area contributed by atoms with Crippen molar-refractivity contribution in [1.29, 1.82) is 0 Å². The van der Waals surface area contributed by atoms with E-state index in [0.29, 0.717) is 16.9 Å². The van der Waals surface area contributed by atoms with Crippen LogP contribution in [-0.4, -0.2) is 16.4 Å². The molecule has 1 amide bonds. The lowest BCUT2D eigenvalue weighted by Gasteiger charge is -2.44. The maximum Gasteiger partial charge on any atom is 0.248 e. The van der Waals surface area contributed by atoms with Crippen molar-refractivity contribution in [1.82, 2.24) is 0 Å². The van der Waals surface area contributed by atoms with E-state index in [9.17, 15) is 9.90 Å². The molecule has 6 heteroatoms. The van der Waals surface area contributed by atoms with E-state index in [1.54, 1.807) is 47.4 Å². The molecular formula is C21H16ClN3O2. The van der Waals surface area contributed by atoms with Crippen molar-refractivity contribution in [2.24, 2.45) is 10.2 Å². The topological polar surface area (TPSA) is 65.3 Å². The van der Waals surface area contributed by atoms with E-state index in [1.165, 1.54) is 0 Å². The molecule has 0 bridgehead atoms. The molecule has 1 aliphatic heterocycles. The lowest BCUT2D eigenvalue weighted by molar-refractivity contribution is -0.123. The summed E-state index contributed by atoms with van der Waals surface area (Å²) in [6.45, 7) is 0. The molecule has 3 aromatic carbocycles. The Labute approximate surface area is 161 Å². The number of para-hydroxylation sites is 1. The van der Waals surface area contributed by atoms with Gasteiger partial charge in [-0.1, -0.05) is 36.4 Å². The molecule has 3 aromatic rings. The number of amides is 1. The molecule has 27 heavy (non-hydrogen) atoms. The summed E-state index contributed by atoms with van der Waals surface area (Å²) in [7, 11) is 0. The zero-order valence-electron chi connectivity index (χ0n) is 14.2. The second-order valence-corrected chi connectivity index (χ2v) is 6.64. The first kappa shape index (κ1) is 17.2. The molecule has 2 unspecified atom stereocenters. The predicted octanol–water partition coefficient (Wildman–Crippen LogP) is 5.50. The number of nitrogens with zero attached hydrogens (tertiary/aromatic N) is 3. The number of benzene rings is 3. The van der Waals surface area contributed by atoms with Gasteiger partial charge in [0, 0.05) is 11.3 Å². The summed E-state index contributed by atoms with van der Waals surface area (Å²) in [6, 6.07) is 23.1. The molecular weight excluding hydrogens is 362 g/mol. The summed E-state index contributed by atoms with van der Waals surface area (Å²) in [5, 5.41) is 17.8. The smallest absolute Gasteiger partial charge is 0.248 e. The summed E-state index contributed by atoms with van der Waals surface area (Å²) < 4.78 is 0. The van der Waals surface area contributed by atoms with Gasteiger partial charge < -0.3 is 10.0 Å². The summed E-state index contributed by atoms with van der Waals surface area (Å²) in [5.74, 6) is -0.0671. The third kappa shape index (κ3) is 3.29. The highest BCUT2D eigenvalue weighted by atomic mass is 35.5. The molecule has 1 aliphatic rings. The molecule has 0 aliphatic carbocycles. The van der Waals surface area contributed by atoms with Crippen molar-refractivity contribution in [2.45, 2.75) is 11.4 Å². The van der Waals surface area contributed by atoms with Crippen molar-refractivity contribution < 1.29 is 9.90 Å². The van der Waals surface area contributed by atoms with Crippen molar-refractivity contribution in [3.63, 3.8) is 0 Å². The number of alkyl halides is 1. The van der Waals surface area contributed by atoms with Crippen LogP contribution >= 0.6 is 11.6 Å². The Balaban J connectivity index is 1.57. The maximum atomic E-state index is 12.3. The van der Waals surface area contributed by atoms with Gasteiger partial charge in [0.1, 0.15) is 11.1 Å². The van der Waals surface area contributed by atoms with Crippen LogP contribution in [0.25, 0.3) is 0 Å². The molecule has 1 saturated heterocycles. The summed E-state index contributed by atoms with van der Waals surface area (Å²) in [4.78, 5) is 13.9. The van der Waals surface area contributed by atoms with E-state index in [4.69, 9.17) is 11.6 Å². The SMILES string of the molecule is O=C1C(Cl)C(c2ccccc2O)N1c1ccc(N=Nc2ccccc2)cc1. The van der Waals surface area contributed by atoms with E-state index >= 15 is 0 Å². The summed E-state index contributed by atoms with van der Waals surface area (Å²) >= 11 is 6.23. The van der Waals surface area contributed by atoms with E-state index < -0.39 is 11.4 Å². The average molecular weight is 378 g/mol. The number of β-lactam (4-membered cyclic amide) rings is 1. The molecule has 0 radical (unpaired) electrons. The van der Waals surface area contributed by atoms with Gasteiger partial charge in [-0.15, -0.1) is 11.6 Å². The number of carbonyl (C=O) groups excluding carboxylic acids is 1. The van der Waals surface area contributed by atoms with Crippen LogP contribution in [0.15, 0.2) is 89.1 Å². The fourth-order valence-electron chi connectivity index (χ4n) is 3.07. The van der Waals surface area contributed by atoms with Gasteiger partial charge in [-0.2, -0.15) is 10.2 Å². The van der Waals surface area contributed by atoms with E-state index in [0.717, 1.165) is 5.69 Å². The van der Waals surface area contributed by atoms with E-state index in [1.807, 2.05) is 36.4 Å². The summed E-state index contributed by atoms with van der Waals surface area (Å²) in [6.07, 6.45) is 0. The minimum Gasteiger partial charge on any atom is -0.508 e. The minimum atomic E-state index is -0.698. The highest BCUT2D eigenvalue weighted by molar-refractivity contribution is 6.37. The first-order chi connectivity index (χ1) is 13.1. The normalized spacial score (nSPS) is 19.3. The van der Waals surface area contributed by atoms with Crippen LogP contribution in [0.3, 0.4) is 0 Å². The third-order valence-electron chi connectivity index (χ3n) is 4.45. The number of aromatic hydroxyl groups is 1. The van der Waals surface area contributed by atoms with Crippen molar-refractivity contribution >= 4 is 34.6 Å². The van der Waals surface area contributed by atoms with E-state index in [-0.39, 0.29) is 11.7 Å². The number of phenols is 1. The van der Waals surface area contributed by atoms with Crippen LogP contribution in [0.4, 0.5) is 17.1 Å². The zero-order chi connectivity index (χ0) is 18.8. The number of carbonyl (C=O) groups is 1. The number of azo groups is 1. The molecule has 4 rings (SSSR count). The third-order valence-corrected chi connectivity index (χ3v) is 4.87. The van der Waals surface area contributed by atoms with Crippen LogP contribution in [0.5, 0.6) is 5.75 Å². The molecule has 0 aromatic heterocycles. The van der Waals surface area contributed by atoms with E-state index in [2.05, 4.69) is 10.2 Å². The van der Waals surface area contributed by atoms with Gasteiger partial charge in [0.25, 0.3) is 0 Å². The average Bonchev–Trinajstić information content (AvgIpc) is 2.72. The summed E-state index contributed by atoms with van der Waals surface area (Å²) in [5.41, 5.74) is 2.77. The monoisotopic (exact) mass is 377 g/mol. The number of halogens is 1. The Kier molecular flexibility index (Phi) is 4.60. The standard InChI is InChI=1S/C21H16ClN3O2/c22-19-20(17-8-4-5-9-18(17)26)25(21(19)27)16-12-10-15(11-13-16)24-23-14-6-2-1-3-7-14/h1-13,19-20,26H. The first-order valence-corrected chi connectivity index (χ1v) is 8.91. The number of hydrogen-bond acceptors (Lipinski definition) is 4. The Morgan fingerprint density at radius 1 is 0.815 bits per heavy atom. The molecule has 0 saturated carbocycles. The van der Waals surface area contributed by atoms with Crippen molar-refractivity contribution in [2.75, 3.05) is 4.90 Å². The number of rotatable bonds is 4. The lowest BCUT2D eigenvalue weighted by atomic mass is 9.91. The van der Waals surface area contributed by atoms with Gasteiger partial charge >= 0.3 is 0 Å². The van der Waals surface area contributed by atoms with Gasteiger partial charge in [-0.05, 0) is 42.5 Å². The lowest BCUT2D eigenvalue weighted by Crippen LogP contribution is -2.56. The van der Waals surface area contributed by atoms with Crippen LogP contribution in [0.1, 0.15) is 11.6 Å². The number of phenolic OH excluding ortho intramolecular Hbond substituents is 1. The Bertz CT molecular complexity index is 990. The molecule has 5 nitrogen and oxygen atoms in total. The van der Waals surface area contributed by atoms with Gasteiger partial charge in [-0.3, -0.25) is 4.79 Å². The zero-order valence-corrected chi connectivity index (χ0v) is 15.0.